The van der Waals surface area contributed by atoms with E-state index in [0.29, 0.717) is 11.8 Å². The van der Waals surface area contributed by atoms with Crippen molar-refractivity contribution in [1.82, 2.24) is 14.9 Å². The third-order valence-electron chi connectivity index (χ3n) is 3.32. The van der Waals surface area contributed by atoms with Crippen molar-refractivity contribution in [3.05, 3.63) is 10.7 Å². The summed E-state index contributed by atoms with van der Waals surface area (Å²) in [7, 11) is 1.61. The van der Waals surface area contributed by atoms with E-state index in [-0.39, 0.29) is 0 Å². The Morgan fingerprint density at radius 3 is 2.74 bits per heavy atom. The van der Waals surface area contributed by atoms with Crippen molar-refractivity contribution in [2.75, 3.05) is 38.6 Å². The summed E-state index contributed by atoms with van der Waals surface area (Å²) in [4.78, 5) is 11.0. The maximum Gasteiger partial charge on any atom is 0.232 e. The molecule has 19 heavy (non-hydrogen) atoms. The first kappa shape index (κ1) is 14.5. The van der Waals surface area contributed by atoms with Crippen LogP contribution in [0.25, 0.3) is 0 Å². The molecule has 6 heteroatoms. The van der Waals surface area contributed by atoms with Gasteiger partial charge in [-0.2, -0.15) is 4.98 Å². The number of anilines is 1. The minimum atomic E-state index is 0.562. The lowest BCUT2D eigenvalue weighted by Crippen LogP contribution is -2.30. The summed E-state index contributed by atoms with van der Waals surface area (Å²) in [5, 5.41) is 3.25. The summed E-state index contributed by atoms with van der Waals surface area (Å²) in [6.07, 6.45) is 7.10. The van der Waals surface area contributed by atoms with Crippen LogP contribution in [0.2, 0.25) is 0 Å². The van der Waals surface area contributed by atoms with Gasteiger partial charge in [0, 0.05) is 13.1 Å². The number of nitrogens with one attached hydrogen (secondary N) is 1. The van der Waals surface area contributed by atoms with Crippen LogP contribution in [-0.2, 0) is 0 Å². The van der Waals surface area contributed by atoms with Crippen LogP contribution in [0.5, 0.6) is 5.88 Å². The van der Waals surface area contributed by atoms with Crippen molar-refractivity contribution in [2.45, 2.75) is 25.7 Å². The number of hydrogen-bond donors (Lipinski definition) is 1. The first-order valence-corrected chi connectivity index (χ1v) is 7.61. The minimum Gasteiger partial charge on any atom is -0.480 e. The van der Waals surface area contributed by atoms with Crippen LogP contribution in [0.4, 0.5) is 5.95 Å². The van der Waals surface area contributed by atoms with Gasteiger partial charge >= 0.3 is 0 Å². The number of nitrogens with zero attached hydrogens (tertiary/aromatic N) is 3. The molecular formula is C13H21BrN4O. The average molecular weight is 329 g/mol. The Kier molecular flexibility index (Phi) is 5.85. The Hall–Kier alpha value is -0.880. The number of halogens is 1. The Morgan fingerprint density at radius 1 is 1.32 bits per heavy atom. The molecule has 0 bridgehead atoms. The smallest absolute Gasteiger partial charge is 0.232 e. The van der Waals surface area contributed by atoms with Gasteiger partial charge in [0.15, 0.2) is 0 Å². The molecule has 0 atom stereocenters. The number of methoxy groups -OCH3 is 1. The summed E-state index contributed by atoms with van der Waals surface area (Å²) in [6.45, 7) is 4.34. The van der Waals surface area contributed by atoms with Crippen molar-refractivity contribution >= 4 is 21.9 Å². The van der Waals surface area contributed by atoms with Crippen LogP contribution in [0, 0.1) is 0 Å². The standard InChI is InChI=1S/C13H21BrN4O/c1-19-12-11(14)10-16-13(17-12)15-6-9-18-7-4-2-3-5-8-18/h10H,2-9H2,1H3,(H,15,16,17). The Bertz CT molecular complexity index is 394. The predicted molar refractivity (Wildman–Crippen MR) is 79.7 cm³/mol. The monoisotopic (exact) mass is 328 g/mol. The zero-order valence-corrected chi connectivity index (χ0v) is 12.9. The van der Waals surface area contributed by atoms with Gasteiger partial charge in [0.25, 0.3) is 0 Å². The second kappa shape index (κ2) is 7.65. The fourth-order valence-corrected chi connectivity index (χ4v) is 2.62. The fraction of sp³-hybridized carbons (Fsp3) is 0.692. The van der Waals surface area contributed by atoms with E-state index in [0.717, 1.165) is 17.6 Å². The summed E-state index contributed by atoms with van der Waals surface area (Å²) in [5.41, 5.74) is 0. The summed E-state index contributed by atoms with van der Waals surface area (Å²) < 4.78 is 5.92. The van der Waals surface area contributed by atoms with Gasteiger partial charge in [-0.15, -0.1) is 0 Å². The third-order valence-corrected chi connectivity index (χ3v) is 3.86. The highest BCUT2D eigenvalue weighted by molar-refractivity contribution is 9.10. The van der Waals surface area contributed by atoms with Crippen molar-refractivity contribution in [3.8, 4) is 5.88 Å². The van der Waals surface area contributed by atoms with Crippen LogP contribution in [0.3, 0.4) is 0 Å². The average Bonchev–Trinajstić information content (AvgIpc) is 2.69. The number of aromatic nitrogens is 2. The molecule has 5 nitrogen and oxygen atoms in total. The SMILES string of the molecule is COc1nc(NCCN2CCCCCC2)ncc1Br. The molecule has 0 unspecified atom stereocenters. The van der Waals surface area contributed by atoms with E-state index >= 15 is 0 Å². The predicted octanol–water partition coefficient (Wildman–Crippen LogP) is 2.54. The molecule has 1 aliphatic heterocycles. The molecule has 1 aromatic heterocycles. The van der Waals surface area contributed by atoms with Gasteiger partial charge in [-0.3, -0.25) is 0 Å². The van der Waals surface area contributed by atoms with Gasteiger partial charge in [-0.05, 0) is 41.9 Å². The van der Waals surface area contributed by atoms with E-state index in [1.807, 2.05) is 0 Å². The van der Waals surface area contributed by atoms with E-state index in [1.54, 1.807) is 13.3 Å². The van der Waals surface area contributed by atoms with Gasteiger partial charge in [0.2, 0.25) is 11.8 Å². The first-order valence-electron chi connectivity index (χ1n) is 6.82. The molecule has 0 aromatic carbocycles. The second-order valence-corrected chi connectivity index (χ2v) is 5.59. The number of likely N-dealkylation sites (tertiary alicyclic amines) is 1. The second-order valence-electron chi connectivity index (χ2n) is 4.73. The zero-order valence-electron chi connectivity index (χ0n) is 11.4. The highest BCUT2D eigenvalue weighted by Crippen LogP contribution is 2.21. The van der Waals surface area contributed by atoms with Crippen molar-refractivity contribution < 1.29 is 4.74 Å². The van der Waals surface area contributed by atoms with E-state index < -0.39 is 0 Å². The van der Waals surface area contributed by atoms with Crippen LogP contribution in [0.1, 0.15) is 25.7 Å². The van der Waals surface area contributed by atoms with Crippen LogP contribution >= 0.6 is 15.9 Å². The third kappa shape index (κ3) is 4.62. The van der Waals surface area contributed by atoms with E-state index in [4.69, 9.17) is 4.74 Å². The molecule has 1 aliphatic rings. The molecule has 1 saturated heterocycles. The Morgan fingerprint density at radius 2 is 2.05 bits per heavy atom. The fourth-order valence-electron chi connectivity index (χ4n) is 2.27. The largest absolute Gasteiger partial charge is 0.480 e. The molecule has 2 rings (SSSR count). The van der Waals surface area contributed by atoms with E-state index in [1.165, 1.54) is 38.8 Å². The number of rotatable bonds is 5. The molecule has 0 amide bonds. The molecule has 0 saturated carbocycles. The van der Waals surface area contributed by atoms with Crippen LogP contribution in [-0.4, -0.2) is 48.2 Å². The van der Waals surface area contributed by atoms with Gasteiger partial charge in [-0.1, -0.05) is 12.8 Å². The minimum absolute atomic E-state index is 0.562. The van der Waals surface area contributed by atoms with Gasteiger partial charge < -0.3 is 15.0 Å². The molecule has 0 aliphatic carbocycles. The summed E-state index contributed by atoms with van der Waals surface area (Å²) in [5.74, 6) is 1.18. The lowest BCUT2D eigenvalue weighted by molar-refractivity contribution is 0.296. The molecule has 106 valence electrons. The van der Waals surface area contributed by atoms with Crippen LogP contribution < -0.4 is 10.1 Å². The summed E-state index contributed by atoms with van der Waals surface area (Å²) in [6, 6.07) is 0. The number of ether oxygens (including phenoxy) is 1. The zero-order chi connectivity index (χ0) is 13.5. The first-order chi connectivity index (χ1) is 9.29. The maximum atomic E-state index is 5.15. The van der Waals surface area contributed by atoms with Gasteiger partial charge in [0.1, 0.15) is 0 Å². The van der Waals surface area contributed by atoms with E-state index in [9.17, 15) is 0 Å². The topological polar surface area (TPSA) is 50.3 Å². The molecule has 0 spiro atoms. The van der Waals surface area contributed by atoms with Crippen LogP contribution in [0.15, 0.2) is 10.7 Å². The normalized spacial score (nSPS) is 16.9. The quantitative estimate of drug-likeness (QED) is 0.900. The molecule has 1 fully saturated rings. The summed E-state index contributed by atoms with van der Waals surface area (Å²) >= 11 is 3.34. The lowest BCUT2D eigenvalue weighted by Gasteiger charge is -2.19. The maximum absolute atomic E-state index is 5.15. The Balaban J connectivity index is 1.78. The van der Waals surface area contributed by atoms with Gasteiger partial charge in [-0.25, -0.2) is 4.98 Å². The molecule has 1 aromatic rings. The van der Waals surface area contributed by atoms with Crippen molar-refractivity contribution in [1.29, 1.82) is 0 Å². The highest BCUT2D eigenvalue weighted by Gasteiger charge is 2.09. The molecule has 2 heterocycles. The molecule has 0 radical (unpaired) electrons. The van der Waals surface area contributed by atoms with Crippen molar-refractivity contribution in [3.63, 3.8) is 0 Å². The van der Waals surface area contributed by atoms with E-state index in [2.05, 4.69) is 36.1 Å². The van der Waals surface area contributed by atoms with Gasteiger partial charge in [0.05, 0.1) is 17.8 Å². The molecular weight excluding hydrogens is 308 g/mol. The molecule has 1 N–H and O–H groups in total. The van der Waals surface area contributed by atoms with Crippen molar-refractivity contribution in [2.24, 2.45) is 0 Å². The number of hydrogen-bond acceptors (Lipinski definition) is 5. The lowest BCUT2D eigenvalue weighted by atomic mass is 10.2. The Labute approximate surface area is 122 Å². The highest BCUT2D eigenvalue weighted by atomic mass is 79.9.